The van der Waals surface area contributed by atoms with E-state index in [1.54, 1.807) is 17.0 Å². The Balaban J connectivity index is 1.52. The van der Waals surface area contributed by atoms with Crippen molar-refractivity contribution in [1.29, 1.82) is 0 Å². The van der Waals surface area contributed by atoms with E-state index in [0.717, 1.165) is 33.6 Å². The van der Waals surface area contributed by atoms with Gasteiger partial charge in [-0.05, 0) is 61.7 Å². The molecule has 1 aliphatic heterocycles. The molecule has 0 fully saturated rings. The molecule has 6 heteroatoms. The molecule has 1 heterocycles. The van der Waals surface area contributed by atoms with E-state index in [4.69, 9.17) is 16.3 Å². The molecule has 0 radical (unpaired) electrons. The Hall–Kier alpha value is -1.85. The van der Waals surface area contributed by atoms with Crippen molar-refractivity contribution in [2.45, 2.75) is 19.8 Å². The van der Waals surface area contributed by atoms with E-state index < -0.39 is 11.7 Å². The smallest absolute Gasteiger partial charge is 0.299 e. The second kappa shape index (κ2) is 7.58. The van der Waals surface area contributed by atoms with Crippen molar-refractivity contribution in [3.05, 3.63) is 57.0 Å². The first-order chi connectivity index (χ1) is 12.0. The van der Waals surface area contributed by atoms with E-state index in [0.29, 0.717) is 24.4 Å². The summed E-state index contributed by atoms with van der Waals surface area (Å²) in [6, 6.07) is 10.9. The number of ketones is 1. The minimum absolute atomic E-state index is 0.441. The summed E-state index contributed by atoms with van der Waals surface area (Å²) in [6.45, 7) is 2.98. The highest BCUT2D eigenvalue weighted by atomic mass is 79.9. The molecule has 0 saturated heterocycles. The SMILES string of the molecule is Cc1cc(OCCCCN2C(=O)C(=O)c3cc(Br)ccc32)ccc1Cl. The average molecular weight is 423 g/mol. The van der Waals surface area contributed by atoms with Crippen molar-refractivity contribution in [2.75, 3.05) is 18.1 Å². The predicted molar refractivity (Wildman–Crippen MR) is 102 cm³/mol. The minimum Gasteiger partial charge on any atom is -0.494 e. The maximum Gasteiger partial charge on any atom is 0.299 e. The lowest BCUT2D eigenvalue weighted by Crippen LogP contribution is -2.30. The standard InChI is InChI=1S/C19H17BrClNO3/c1-12-10-14(5-6-16(12)21)25-9-3-2-8-22-17-7-4-13(20)11-15(17)18(23)19(22)24/h4-7,10-11H,2-3,8-9H2,1H3. The van der Waals surface area contributed by atoms with E-state index in [1.165, 1.54) is 0 Å². The maximum atomic E-state index is 12.1. The molecule has 130 valence electrons. The number of rotatable bonds is 6. The third-order valence-electron chi connectivity index (χ3n) is 4.11. The zero-order valence-electron chi connectivity index (χ0n) is 13.7. The number of ether oxygens (including phenoxy) is 1. The first-order valence-electron chi connectivity index (χ1n) is 8.02. The molecule has 2 aromatic rings. The molecule has 0 unspecified atom stereocenters. The summed E-state index contributed by atoms with van der Waals surface area (Å²) in [6.07, 6.45) is 1.53. The fourth-order valence-electron chi connectivity index (χ4n) is 2.76. The average Bonchev–Trinajstić information content (AvgIpc) is 2.82. The van der Waals surface area contributed by atoms with Crippen LogP contribution in [-0.2, 0) is 4.79 Å². The van der Waals surface area contributed by atoms with Crippen LogP contribution in [0.15, 0.2) is 40.9 Å². The van der Waals surface area contributed by atoms with Gasteiger partial charge in [0.25, 0.3) is 11.7 Å². The molecule has 0 spiro atoms. The van der Waals surface area contributed by atoms with E-state index in [1.807, 2.05) is 31.2 Å². The number of benzene rings is 2. The number of carbonyl (C=O) groups excluding carboxylic acids is 2. The highest BCUT2D eigenvalue weighted by Crippen LogP contribution is 2.31. The van der Waals surface area contributed by atoms with Gasteiger partial charge in [0.05, 0.1) is 17.9 Å². The van der Waals surface area contributed by atoms with Crippen molar-refractivity contribution >= 4 is 44.9 Å². The van der Waals surface area contributed by atoms with Gasteiger partial charge >= 0.3 is 0 Å². The molecular weight excluding hydrogens is 406 g/mol. The molecule has 25 heavy (non-hydrogen) atoms. The largest absolute Gasteiger partial charge is 0.494 e. The van der Waals surface area contributed by atoms with Crippen LogP contribution in [0, 0.1) is 6.92 Å². The summed E-state index contributed by atoms with van der Waals surface area (Å²) in [5.74, 6) is -0.115. The van der Waals surface area contributed by atoms with Crippen LogP contribution in [0.3, 0.4) is 0 Å². The van der Waals surface area contributed by atoms with Gasteiger partial charge in [0, 0.05) is 16.0 Å². The molecule has 2 aromatic carbocycles. The fourth-order valence-corrected chi connectivity index (χ4v) is 3.24. The highest BCUT2D eigenvalue weighted by molar-refractivity contribution is 9.10. The topological polar surface area (TPSA) is 46.6 Å². The van der Waals surface area contributed by atoms with E-state index in [2.05, 4.69) is 15.9 Å². The summed E-state index contributed by atoms with van der Waals surface area (Å²) in [5, 5.41) is 0.717. The first kappa shape index (κ1) is 18.0. The summed E-state index contributed by atoms with van der Waals surface area (Å²) >= 11 is 9.32. The van der Waals surface area contributed by atoms with E-state index in [-0.39, 0.29) is 0 Å². The maximum absolute atomic E-state index is 12.1. The molecule has 0 saturated carbocycles. The molecule has 4 nitrogen and oxygen atoms in total. The number of unbranched alkanes of at least 4 members (excludes halogenated alkanes) is 1. The van der Waals surface area contributed by atoms with Gasteiger partial charge < -0.3 is 9.64 Å². The number of hydrogen-bond acceptors (Lipinski definition) is 3. The summed E-state index contributed by atoms with van der Waals surface area (Å²) < 4.78 is 6.50. The van der Waals surface area contributed by atoms with Crippen LogP contribution in [0.2, 0.25) is 5.02 Å². The monoisotopic (exact) mass is 421 g/mol. The Labute approximate surface area is 159 Å². The molecule has 3 rings (SSSR count). The van der Waals surface area contributed by atoms with Gasteiger partial charge in [0.1, 0.15) is 5.75 Å². The zero-order chi connectivity index (χ0) is 18.0. The molecular formula is C19H17BrClNO3. The molecule has 0 N–H and O–H groups in total. The molecule has 0 atom stereocenters. The van der Waals surface area contributed by atoms with Gasteiger partial charge in [-0.25, -0.2) is 0 Å². The van der Waals surface area contributed by atoms with Crippen LogP contribution >= 0.6 is 27.5 Å². The number of amides is 1. The Morgan fingerprint density at radius 1 is 1.12 bits per heavy atom. The number of nitrogens with zero attached hydrogens (tertiary/aromatic N) is 1. The number of fused-ring (bicyclic) bond motifs is 1. The number of Topliss-reactive ketones (excluding diaryl/α,β-unsaturated/α-hetero) is 1. The Kier molecular flexibility index (Phi) is 5.45. The number of carbonyl (C=O) groups is 2. The summed E-state index contributed by atoms with van der Waals surface area (Å²) in [5.41, 5.74) is 2.13. The first-order valence-corrected chi connectivity index (χ1v) is 9.19. The molecule has 1 amide bonds. The minimum atomic E-state index is -0.456. The van der Waals surface area contributed by atoms with Gasteiger partial charge in [0.2, 0.25) is 0 Å². The van der Waals surface area contributed by atoms with Gasteiger partial charge in [-0.1, -0.05) is 27.5 Å². The Morgan fingerprint density at radius 3 is 2.68 bits per heavy atom. The zero-order valence-corrected chi connectivity index (χ0v) is 16.1. The molecule has 0 bridgehead atoms. The molecule has 0 aromatic heterocycles. The fraction of sp³-hybridized carbons (Fsp3) is 0.263. The van der Waals surface area contributed by atoms with Gasteiger partial charge in [-0.3, -0.25) is 9.59 Å². The van der Waals surface area contributed by atoms with Crippen molar-refractivity contribution < 1.29 is 14.3 Å². The van der Waals surface area contributed by atoms with Gasteiger partial charge in [-0.15, -0.1) is 0 Å². The third kappa shape index (κ3) is 3.88. The number of hydrogen-bond donors (Lipinski definition) is 0. The summed E-state index contributed by atoms with van der Waals surface area (Å²) in [7, 11) is 0. The van der Waals surface area contributed by atoms with Crippen molar-refractivity contribution in [3.8, 4) is 5.75 Å². The number of anilines is 1. The van der Waals surface area contributed by atoms with Gasteiger partial charge in [0.15, 0.2) is 0 Å². The van der Waals surface area contributed by atoms with Crippen molar-refractivity contribution in [3.63, 3.8) is 0 Å². The van der Waals surface area contributed by atoms with Crippen LogP contribution in [0.5, 0.6) is 5.75 Å². The van der Waals surface area contributed by atoms with Crippen LogP contribution < -0.4 is 9.64 Å². The van der Waals surface area contributed by atoms with E-state index in [9.17, 15) is 9.59 Å². The third-order valence-corrected chi connectivity index (χ3v) is 5.02. The van der Waals surface area contributed by atoms with Crippen molar-refractivity contribution in [2.24, 2.45) is 0 Å². The number of aryl methyl sites for hydroxylation is 1. The second-order valence-electron chi connectivity index (χ2n) is 5.91. The Morgan fingerprint density at radius 2 is 1.92 bits per heavy atom. The van der Waals surface area contributed by atoms with Crippen LogP contribution in [0.25, 0.3) is 0 Å². The van der Waals surface area contributed by atoms with E-state index >= 15 is 0 Å². The lowest BCUT2D eigenvalue weighted by molar-refractivity contribution is -0.114. The van der Waals surface area contributed by atoms with Crippen LogP contribution in [0.4, 0.5) is 5.69 Å². The number of halogens is 2. The lowest BCUT2D eigenvalue weighted by atomic mass is 10.1. The van der Waals surface area contributed by atoms with Gasteiger partial charge in [-0.2, -0.15) is 0 Å². The summed E-state index contributed by atoms with van der Waals surface area (Å²) in [4.78, 5) is 25.7. The van der Waals surface area contributed by atoms with Crippen LogP contribution in [0.1, 0.15) is 28.8 Å². The molecule has 1 aliphatic rings. The van der Waals surface area contributed by atoms with Crippen LogP contribution in [-0.4, -0.2) is 24.8 Å². The highest BCUT2D eigenvalue weighted by Gasteiger charge is 2.35. The predicted octanol–water partition coefficient (Wildman–Crippen LogP) is 4.80. The normalized spacial score (nSPS) is 13.3. The van der Waals surface area contributed by atoms with Crippen molar-refractivity contribution in [1.82, 2.24) is 0 Å². The quantitative estimate of drug-likeness (QED) is 0.496. The second-order valence-corrected chi connectivity index (χ2v) is 7.24. The Bertz CT molecular complexity index is 837. The molecule has 0 aliphatic carbocycles. The lowest BCUT2D eigenvalue weighted by Gasteiger charge is -2.16.